The maximum Gasteiger partial charge on any atom is 0.196 e. The molecular weight excluding hydrogens is 384 g/mol. The van der Waals surface area contributed by atoms with Crippen LogP contribution in [0.4, 0.5) is 5.69 Å². The van der Waals surface area contributed by atoms with Gasteiger partial charge in [0.15, 0.2) is 26.5 Å². The van der Waals surface area contributed by atoms with Crippen LogP contribution < -0.4 is 10.2 Å². The molecule has 2 aromatic carbocycles. The topological polar surface area (TPSA) is 83.6 Å². The molecule has 0 aromatic heterocycles. The number of hydrogen-bond donors (Lipinski definition) is 1. The third-order valence-corrected chi connectivity index (χ3v) is 7.40. The first-order valence-electron chi connectivity index (χ1n) is 8.49. The molecule has 1 N–H and O–H groups in total. The zero-order valence-corrected chi connectivity index (χ0v) is 15.6. The van der Waals surface area contributed by atoms with Crippen molar-refractivity contribution in [2.45, 2.75) is 12.1 Å². The van der Waals surface area contributed by atoms with Gasteiger partial charge in [-0.2, -0.15) is 0 Å². The Morgan fingerprint density at radius 2 is 1.59 bits per heavy atom. The van der Waals surface area contributed by atoms with E-state index in [0.717, 1.165) is 0 Å². The summed E-state index contributed by atoms with van der Waals surface area (Å²) in [6.07, 6.45) is 0. The molecule has 3 aliphatic rings. The molecule has 2 heterocycles. The van der Waals surface area contributed by atoms with Crippen LogP contribution >= 0.6 is 12.2 Å². The number of thiocarbonyl (C=S) groups is 1. The summed E-state index contributed by atoms with van der Waals surface area (Å²) >= 11 is 5.43. The van der Waals surface area contributed by atoms with Gasteiger partial charge >= 0.3 is 0 Å². The summed E-state index contributed by atoms with van der Waals surface area (Å²) < 4.78 is 24.1. The number of ketones is 2. The van der Waals surface area contributed by atoms with Crippen LogP contribution in [0.1, 0.15) is 31.8 Å². The predicted octanol–water partition coefficient (Wildman–Crippen LogP) is 1.32. The molecule has 0 bridgehead atoms. The Morgan fingerprint density at radius 3 is 2.33 bits per heavy atom. The Kier molecular flexibility index (Phi) is 3.36. The number of benzene rings is 2. The van der Waals surface area contributed by atoms with E-state index in [-0.39, 0.29) is 40.7 Å². The van der Waals surface area contributed by atoms with E-state index in [9.17, 15) is 18.0 Å². The normalized spacial score (nSPS) is 25.0. The lowest BCUT2D eigenvalue weighted by molar-refractivity contribution is 0.0979. The quantitative estimate of drug-likeness (QED) is 0.619. The van der Waals surface area contributed by atoms with Crippen molar-refractivity contribution < 1.29 is 18.0 Å². The van der Waals surface area contributed by atoms with Gasteiger partial charge in [0, 0.05) is 16.7 Å². The van der Waals surface area contributed by atoms with Crippen molar-refractivity contribution in [3.8, 4) is 0 Å². The smallest absolute Gasteiger partial charge is 0.196 e. The zero-order chi connectivity index (χ0) is 18.9. The molecule has 0 amide bonds. The Morgan fingerprint density at radius 1 is 0.926 bits per heavy atom. The lowest BCUT2D eigenvalue weighted by Gasteiger charge is -2.28. The molecule has 8 heteroatoms. The fourth-order valence-electron chi connectivity index (χ4n) is 4.22. The van der Waals surface area contributed by atoms with Crippen molar-refractivity contribution in [3.63, 3.8) is 0 Å². The lowest BCUT2D eigenvalue weighted by atomic mass is 9.83. The maximum absolute atomic E-state index is 13.2. The molecule has 0 radical (unpaired) electrons. The van der Waals surface area contributed by atoms with Crippen molar-refractivity contribution in [2.75, 3.05) is 16.4 Å². The largest absolute Gasteiger partial charge is 0.356 e. The van der Waals surface area contributed by atoms with Gasteiger partial charge in [-0.3, -0.25) is 9.59 Å². The molecule has 2 saturated heterocycles. The number of fused-ring (bicyclic) bond motifs is 3. The minimum Gasteiger partial charge on any atom is -0.356 e. The van der Waals surface area contributed by atoms with Gasteiger partial charge in [-0.15, -0.1) is 0 Å². The second-order valence-corrected chi connectivity index (χ2v) is 9.51. The molecule has 2 aliphatic heterocycles. The van der Waals surface area contributed by atoms with Crippen LogP contribution in [-0.4, -0.2) is 48.7 Å². The van der Waals surface area contributed by atoms with Gasteiger partial charge in [-0.25, -0.2) is 8.42 Å². The Labute approximate surface area is 161 Å². The molecule has 136 valence electrons. The molecule has 2 fully saturated rings. The first kappa shape index (κ1) is 16.6. The third kappa shape index (κ3) is 2.30. The summed E-state index contributed by atoms with van der Waals surface area (Å²) in [5.41, 5.74) is 1.84. The number of nitrogens with one attached hydrogen (secondary N) is 1. The van der Waals surface area contributed by atoms with Gasteiger partial charge in [-0.05, 0) is 18.3 Å². The highest BCUT2D eigenvalue weighted by atomic mass is 32.2. The van der Waals surface area contributed by atoms with Crippen molar-refractivity contribution in [3.05, 3.63) is 64.7 Å². The molecule has 27 heavy (non-hydrogen) atoms. The van der Waals surface area contributed by atoms with E-state index in [1.807, 2.05) is 0 Å². The molecule has 2 aromatic rings. The summed E-state index contributed by atoms with van der Waals surface area (Å²) in [5.74, 6) is -0.481. The summed E-state index contributed by atoms with van der Waals surface area (Å²) in [5, 5.41) is 3.44. The molecule has 0 spiro atoms. The van der Waals surface area contributed by atoms with E-state index in [1.165, 1.54) is 0 Å². The van der Waals surface area contributed by atoms with Crippen LogP contribution in [0.3, 0.4) is 0 Å². The van der Waals surface area contributed by atoms with Crippen molar-refractivity contribution >= 4 is 44.4 Å². The number of hydrogen-bond acceptors (Lipinski definition) is 5. The second-order valence-electron chi connectivity index (χ2n) is 6.97. The SMILES string of the molecule is O=C1c2ccccc2C(=O)c2c1cccc2N1C(=S)N[C@H]2CS(=O)(=O)C[C@H]21. The maximum atomic E-state index is 13.2. The Hall–Kier alpha value is -2.58. The van der Waals surface area contributed by atoms with Crippen LogP contribution in [0.2, 0.25) is 0 Å². The molecule has 1 aliphatic carbocycles. The fraction of sp³-hybridized carbons (Fsp3) is 0.211. The summed E-state index contributed by atoms with van der Waals surface area (Å²) in [4.78, 5) is 27.8. The van der Waals surface area contributed by atoms with Crippen molar-refractivity contribution in [2.24, 2.45) is 0 Å². The zero-order valence-electron chi connectivity index (χ0n) is 14.0. The molecular formula is C19H14N2O4S2. The fourth-order valence-corrected chi connectivity index (χ4v) is 6.49. The molecule has 5 rings (SSSR count). The summed E-state index contributed by atoms with van der Waals surface area (Å²) in [6, 6.07) is 11.1. The number of anilines is 1. The number of rotatable bonds is 1. The van der Waals surface area contributed by atoms with Crippen LogP contribution in [0, 0.1) is 0 Å². The molecule has 0 saturated carbocycles. The van der Waals surface area contributed by atoms with Crippen LogP contribution in [-0.2, 0) is 9.84 Å². The first-order chi connectivity index (χ1) is 12.9. The highest BCUT2D eigenvalue weighted by molar-refractivity contribution is 7.91. The van der Waals surface area contributed by atoms with E-state index in [0.29, 0.717) is 27.5 Å². The summed E-state index contributed by atoms with van der Waals surface area (Å²) in [6.45, 7) is 0. The molecule has 2 atom stereocenters. The number of carbonyl (C=O) groups excluding carboxylic acids is 2. The number of carbonyl (C=O) groups is 2. The van der Waals surface area contributed by atoms with Crippen molar-refractivity contribution in [1.29, 1.82) is 0 Å². The lowest BCUT2D eigenvalue weighted by Crippen LogP contribution is -2.38. The van der Waals surface area contributed by atoms with Crippen LogP contribution in [0.15, 0.2) is 42.5 Å². The van der Waals surface area contributed by atoms with Gasteiger partial charge in [0.2, 0.25) is 0 Å². The van der Waals surface area contributed by atoms with Crippen LogP contribution in [0.5, 0.6) is 0 Å². The van der Waals surface area contributed by atoms with E-state index in [4.69, 9.17) is 12.2 Å². The average Bonchev–Trinajstić information content (AvgIpc) is 3.08. The van der Waals surface area contributed by atoms with Gasteiger partial charge in [0.25, 0.3) is 0 Å². The van der Waals surface area contributed by atoms with Crippen LogP contribution in [0.25, 0.3) is 0 Å². The van der Waals surface area contributed by atoms with E-state index in [1.54, 1.807) is 47.4 Å². The molecule has 6 nitrogen and oxygen atoms in total. The van der Waals surface area contributed by atoms with Gasteiger partial charge in [-0.1, -0.05) is 36.4 Å². The standard InChI is InChI=1S/C19H14N2O4S2/c22-17-10-4-1-2-5-11(10)18(23)16-12(17)6-3-7-14(16)21-15-9-27(24,25)8-13(15)20-19(21)26/h1-7,13,15H,8-9H2,(H,20,26)/t13-,15+/m0/s1. The van der Waals surface area contributed by atoms with Gasteiger partial charge in [0.1, 0.15) is 0 Å². The third-order valence-electron chi connectivity index (χ3n) is 5.37. The van der Waals surface area contributed by atoms with Crippen molar-refractivity contribution in [1.82, 2.24) is 5.32 Å². The van der Waals surface area contributed by atoms with Gasteiger partial charge in [0.05, 0.1) is 34.8 Å². The highest BCUT2D eigenvalue weighted by Crippen LogP contribution is 2.37. The van der Waals surface area contributed by atoms with Gasteiger partial charge < -0.3 is 10.2 Å². The van der Waals surface area contributed by atoms with E-state index < -0.39 is 9.84 Å². The number of sulfone groups is 1. The van der Waals surface area contributed by atoms with E-state index >= 15 is 0 Å². The minimum atomic E-state index is -3.18. The first-order valence-corrected chi connectivity index (χ1v) is 10.7. The second kappa shape index (κ2) is 5.46. The molecule has 0 unspecified atom stereocenters. The highest BCUT2D eigenvalue weighted by Gasteiger charge is 2.49. The van der Waals surface area contributed by atoms with E-state index in [2.05, 4.69) is 5.32 Å². The Balaban J connectivity index is 1.69. The Bertz CT molecular complexity index is 1160. The predicted molar refractivity (Wildman–Crippen MR) is 104 cm³/mol. The summed E-state index contributed by atoms with van der Waals surface area (Å²) in [7, 11) is -3.18. The monoisotopic (exact) mass is 398 g/mol. The minimum absolute atomic E-state index is 0.0129. The number of nitrogens with zero attached hydrogens (tertiary/aromatic N) is 1. The average molecular weight is 398 g/mol.